The number of phenols is 1. The number of benzene rings is 2. The molecule has 2 N–H and O–H groups in total. The lowest BCUT2D eigenvalue weighted by Gasteiger charge is -2.21. The van der Waals surface area contributed by atoms with Crippen LogP contribution >= 0.6 is 0 Å². The molecule has 0 bridgehead atoms. The van der Waals surface area contributed by atoms with Crippen molar-refractivity contribution in [3.05, 3.63) is 65.7 Å². The minimum absolute atomic E-state index is 0.0636. The van der Waals surface area contributed by atoms with Gasteiger partial charge in [-0.1, -0.05) is 44.2 Å². The third-order valence-electron chi connectivity index (χ3n) is 3.68. The van der Waals surface area contributed by atoms with Crippen molar-refractivity contribution < 1.29 is 19.4 Å². The van der Waals surface area contributed by atoms with Crippen LogP contribution < -0.4 is 5.32 Å². The first-order valence-corrected chi connectivity index (χ1v) is 8.26. The number of amides is 1. The lowest BCUT2D eigenvalue weighted by atomic mass is 9.97. The number of ether oxygens (including phenoxy) is 1. The molecule has 1 amide bonds. The average molecular weight is 341 g/mol. The lowest BCUT2D eigenvalue weighted by Crippen LogP contribution is -2.33. The Morgan fingerprint density at radius 3 is 2.28 bits per heavy atom. The van der Waals surface area contributed by atoms with Crippen LogP contribution in [0.2, 0.25) is 0 Å². The Bertz CT molecular complexity index is 695. The fraction of sp³-hybridized carbons (Fsp3) is 0.300. The number of carbonyl (C=O) groups excluding carboxylic acids is 2. The Labute approximate surface area is 147 Å². The van der Waals surface area contributed by atoms with Crippen LogP contribution in [0.5, 0.6) is 5.75 Å². The average Bonchev–Trinajstić information content (AvgIpc) is 2.60. The number of hydrogen-bond donors (Lipinski definition) is 2. The first kappa shape index (κ1) is 18.5. The van der Waals surface area contributed by atoms with Gasteiger partial charge < -0.3 is 15.2 Å². The highest BCUT2D eigenvalue weighted by molar-refractivity contribution is 5.91. The van der Waals surface area contributed by atoms with Crippen LogP contribution in [0.3, 0.4) is 0 Å². The molecule has 0 unspecified atom stereocenters. The molecule has 2 aromatic carbocycles. The second-order valence-corrected chi connectivity index (χ2v) is 6.28. The van der Waals surface area contributed by atoms with Gasteiger partial charge in [-0.25, -0.2) is 4.79 Å². The van der Waals surface area contributed by atoms with E-state index >= 15 is 0 Å². The van der Waals surface area contributed by atoms with Gasteiger partial charge in [0.2, 0.25) is 0 Å². The van der Waals surface area contributed by atoms with Crippen LogP contribution in [-0.2, 0) is 9.53 Å². The number of nitrogens with one attached hydrogen (secondary N) is 1. The molecule has 0 fully saturated rings. The van der Waals surface area contributed by atoms with Crippen LogP contribution in [0.4, 0.5) is 0 Å². The zero-order valence-corrected chi connectivity index (χ0v) is 14.4. The van der Waals surface area contributed by atoms with E-state index in [1.165, 1.54) is 24.3 Å². The second kappa shape index (κ2) is 8.87. The summed E-state index contributed by atoms with van der Waals surface area (Å²) in [5.41, 5.74) is 1.31. The monoisotopic (exact) mass is 341 g/mol. The maximum atomic E-state index is 12.2. The summed E-state index contributed by atoms with van der Waals surface area (Å²) in [6.07, 6.45) is 0.793. The van der Waals surface area contributed by atoms with Crippen LogP contribution in [-0.4, -0.2) is 23.6 Å². The molecule has 132 valence electrons. The zero-order chi connectivity index (χ0) is 18.2. The van der Waals surface area contributed by atoms with Crippen LogP contribution in [0.25, 0.3) is 0 Å². The minimum Gasteiger partial charge on any atom is -0.508 e. The Kier molecular flexibility index (Phi) is 6.57. The van der Waals surface area contributed by atoms with E-state index < -0.39 is 5.97 Å². The van der Waals surface area contributed by atoms with Crippen molar-refractivity contribution in [3.8, 4) is 5.75 Å². The van der Waals surface area contributed by atoms with E-state index in [1.54, 1.807) is 0 Å². The summed E-state index contributed by atoms with van der Waals surface area (Å²) in [7, 11) is 0. The largest absolute Gasteiger partial charge is 0.508 e. The number of rotatable bonds is 7. The SMILES string of the molecule is CC(C)C[C@@H](NC(=O)COC(=O)c1ccc(O)cc1)c1ccccc1. The smallest absolute Gasteiger partial charge is 0.338 e. The number of aromatic hydroxyl groups is 1. The Morgan fingerprint density at radius 2 is 1.68 bits per heavy atom. The Hall–Kier alpha value is -2.82. The fourth-order valence-corrected chi connectivity index (χ4v) is 2.48. The van der Waals surface area contributed by atoms with Crippen molar-refractivity contribution in [1.29, 1.82) is 0 Å². The summed E-state index contributed by atoms with van der Waals surface area (Å²) in [5, 5.41) is 12.1. The summed E-state index contributed by atoms with van der Waals surface area (Å²) in [6, 6.07) is 15.3. The molecule has 0 aliphatic heterocycles. The van der Waals surface area contributed by atoms with Gasteiger partial charge >= 0.3 is 5.97 Å². The standard InChI is InChI=1S/C20H23NO4/c1-14(2)12-18(15-6-4-3-5-7-15)21-19(23)13-25-20(24)16-8-10-17(22)11-9-16/h3-11,14,18,22H,12-13H2,1-2H3,(H,21,23)/t18-/m1/s1. The highest BCUT2D eigenvalue weighted by atomic mass is 16.5. The van der Waals surface area contributed by atoms with Gasteiger partial charge in [0.1, 0.15) is 5.75 Å². The van der Waals surface area contributed by atoms with Gasteiger partial charge in [-0.15, -0.1) is 0 Å². The third kappa shape index (κ3) is 5.95. The highest BCUT2D eigenvalue weighted by Crippen LogP contribution is 2.21. The number of carbonyl (C=O) groups is 2. The van der Waals surface area contributed by atoms with Crippen molar-refractivity contribution in [3.63, 3.8) is 0 Å². The second-order valence-electron chi connectivity index (χ2n) is 6.28. The van der Waals surface area contributed by atoms with Gasteiger partial charge in [0.05, 0.1) is 11.6 Å². The van der Waals surface area contributed by atoms with Gasteiger partial charge in [0, 0.05) is 0 Å². The van der Waals surface area contributed by atoms with Gasteiger partial charge in [0.15, 0.2) is 6.61 Å². The fourth-order valence-electron chi connectivity index (χ4n) is 2.48. The molecule has 25 heavy (non-hydrogen) atoms. The predicted molar refractivity (Wildman–Crippen MR) is 95.2 cm³/mol. The number of hydrogen-bond acceptors (Lipinski definition) is 4. The molecule has 0 saturated carbocycles. The molecule has 5 nitrogen and oxygen atoms in total. The van der Waals surface area contributed by atoms with Gasteiger partial charge in [-0.05, 0) is 42.2 Å². The van der Waals surface area contributed by atoms with E-state index in [4.69, 9.17) is 4.74 Å². The van der Waals surface area contributed by atoms with E-state index in [9.17, 15) is 14.7 Å². The van der Waals surface area contributed by atoms with Crippen molar-refractivity contribution in [2.24, 2.45) is 5.92 Å². The molecule has 2 aromatic rings. The third-order valence-corrected chi connectivity index (χ3v) is 3.68. The van der Waals surface area contributed by atoms with E-state index in [1.807, 2.05) is 30.3 Å². The zero-order valence-electron chi connectivity index (χ0n) is 14.4. The molecule has 0 heterocycles. The molecule has 0 saturated heterocycles. The predicted octanol–water partition coefficient (Wildman–Crippen LogP) is 3.45. The number of phenolic OH excluding ortho intramolecular Hbond substituents is 1. The van der Waals surface area contributed by atoms with Crippen LogP contribution in [0.1, 0.15) is 42.2 Å². The Balaban J connectivity index is 1.92. The van der Waals surface area contributed by atoms with Gasteiger partial charge in [0.25, 0.3) is 5.91 Å². The highest BCUT2D eigenvalue weighted by Gasteiger charge is 2.17. The summed E-state index contributed by atoms with van der Waals surface area (Å²) < 4.78 is 5.04. The van der Waals surface area contributed by atoms with E-state index in [-0.39, 0.29) is 29.9 Å². The first-order chi connectivity index (χ1) is 12.0. The van der Waals surface area contributed by atoms with Crippen molar-refractivity contribution >= 4 is 11.9 Å². The molecule has 0 aromatic heterocycles. The molecule has 5 heteroatoms. The first-order valence-electron chi connectivity index (χ1n) is 8.26. The maximum Gasteiger partial charge on any atom is 0.338 e. The molecule has 1 atom stereocenters. The van der Waals surface area contributed by atoms with Crippen molar-refractivity contribution in [2.45, 2.75) is 26.3 Å². The van der Waals surface area contributed by atoms with E-state index in [2.05, 4.69) is 19.2 Å². The van der Waals surface area contributed by atoms with Gasteiger partial charge in [-0.2, -0.15) is 0 Å². The quantitative estimate of drug-likeness (QED) is 0.756. The molecular formula is C20H23NO4. The van der Waals surface area contributed by atoms with Crippen molar-refractivity contribution in [2.75, 3.05) is 6.61 Å². The minimum atomic E-state index is -0.602. The van der Waals surface area contributed by atoms with Crippen molar-refractivity contribution in [1.82, 2.24) is 5.32 Å². The van der Waals surface area contributed by atoms with E-state index in [0.717, 1.165) is 12.0 Å². The van der Waals surface area contributed by atoms with Gasteiger partial charge in [-0.3, -0.25) is 4.79 Å². The molecule has 0 radical (unpaired) electrons. The molecule has 0 spiro atoms. The molecular weight excluding hydrogens is 318 g/mol. The molecule has 2 rings (SSSR count). The maximum absolute atomic E-state index is 12.2. The summed E-state index contributed by atoms with van der Waals surface area (Å²) >= 11 is 0. The summed E-state index contributed by atoms with van der Waals surface area (Å²) in [5.74, 6) is -0.476. The normalized spacial score (nSPS) is 11.8. The Morgan fingerprint density at radius 1 is 1.04 bits per heavy atom. The summed E-state index contributed by atoms with van der Waals surface area (Å²) in [4.78, 5) is 24.1. The number of esters is 1. The van der Waals surface area contributed by atoms with Crippen LogP contribution in [0.15, 0.2) is 54.6 Å². The topological polar surface area (TPSA) is 75.6 Å². The molecule has 0 aliphatic carbocycles. The lowest BCUT2D eigenvalue weighted by molar-refractivity contribution is -0.125. The summed E-state index contributed by atoms with van der Waals surface area (Å²) in [6.45, 7) is 3.83. The van der Waals surface area contributed by atoms with E-state index in [0.29, 0.717) is 5.92 Å². The molecule has 0 aliphatic rings. The van der Waals surface area contributed by atoms with Crippen LogP contribution in [0, 0.1) is 5.92 Å².